The molecule has 0 aromatic heterocycles. The molecule has 0 aliphatic heterocycles. The van der Waals surface area contributed by atoms with Crippen LogP contribution in [0.1, 0.15) is 22.3 Å². The minimum Gasteiger partial charge on any atom is -0.497 e. The number of hydrogen-bond acceptors (Lipinski definition) is 6. The molecule has 0 unspecified atom stereocenters. The molecule has 178 valence electrons. The molecule has 0 atom stereocenters. The van der Waals surface area contributed by atoms with Gasteiger partial charge in [-0.25, -0.2) is 0 Å². The Bertz CT molecular complexity index is 1120. The molecule has 0 aliphatic rings. The maximum Gasteiger partial charge on any atom is 0.130 e. The van der Waals surface area contributed by atoms with Crippen LogP contribution in [-0.2, 0) is 0 Å². The molecule has 0 bridgehead atoms. The zero-order chi connectivity index (χ0) is 24.8. The lowest BCUT2D eigenvalue weighted by Gasteiger charge is -2.20. The van der Waals surface area contributed by atoms with E-state index in [1.54, 1.807) is 42.7 Å². The van der Waals surface area contributed by atoms with Gasteiger partial charge < -0.3 is 28.4 Å². The molecular weight excluding hydrogens is 432 g/mol. The quantitative estimate of drug-likeness (QED) is 0.376. The van der Waals surface area contributed by atoms with Crippen LogP contribution in [0, 0.1) is 0 Å². The summed E-state index contributed by atoms with van der Waals surface area (Å²) in [6.45, 7) is 8.68. The second-order valence-corrected chi connectivity index (χ2v) is 7.34. The van der Waals surface area contributed by atoms with E-state index in [1.165, 1.54) is 0 Å². The summed E-state index contributed by atoms with van der Waals surface area (Å²) < 4.78 is 33.2. The summed E-state index contributed by atoms with van der Waals surface area (Å²) >= 11 is 0. The molecule has 0 amide bonds. The van der Waals surface area contributed by atoms with Crippen molar-refractivity contribution >= 4 is 11.1 Å². The normalized spacial score (nSPS) is 10.3. The van der Waals surface area contributed by atoms with Gasteiger partial charge in [-0.3, -0.25) is 0 Å². The highest BCUT2D eigenvalue weighted by atomic mass is 16.5. The Balaban J connectivity index is 2.17. The Morgan fingerprint density at radius 2 is 0.794 bits per heavy atom. The Morgan fingerprint density at radius 1 is 0.441 bits per heavy atom. The summed E-state index contributed by atoms with van der Waals surface area (Å²) in [6, 6.07) is 15.0. The van der Waals surface area contributed by atoms with Crippen molar-refractivity contribution < 1.29 is 28.4 Å². The van der Waals surface area contributed by atoms with E-state index in [2.05, 4.69) is 13.2 Å². The Labute approximate surface area is 200 Å². The van der Waals surface area contributed by atoms with E-state index in [-0.39, 0.29) is 0 Å². The van der Waals surface area contributed by atoms with E-state index in [0.29, 0.717) is 34.5 Å². The first-order valence-electron chi connectivity index (χ1n) is 10.5. The smallest absolute Gasteiger partial charge is 0.130 e. The third-order valence-corrected chi connectivity index (χ3v) is 5.64. The fourth-order valence-corrected chi connectivity index (χ4v) is 3.76. The van der Waals surface area contributed by atoms with E-state index in [1.807, 2.05) is 48.5 Å². The summed E-state index contributed by atoms with van der Waals surface area (Å²) in [5.41, 5.74) is 4.60. The maximum absolute atomic E-state index is 5.69. The van der Waals surface area contributed by atoms with Crippen molar-refractivity contribution in [3.05, 3.63) is 83.9 Å². The molecule has 3 aromatic carbocycles. The van der Waals surface area contributed by atoms with E-state index in [4.69, 9.17) is 28.4 Å². The van der Waals surface area contributed by atoms with Crippen LogP contribution in [-0.4, -0.2) is 42.7 Å². The number of rotatable bonds is 10. The maximum atomic E-state index is 5.69. The highest BCUT2D eigenvalue weighted by Gasteiger charge is 2.21. The third-order valence-electron chi connectivity index (χ3n) is 5.64. The van der Waals surface area contributed by atoms with Gasteiger partial charge in [0.15, 0.2) is 0 Å². The van der Waals surface area contributed by atoms with Crippen LogP contribution in [0.2, 0.25) is 0 Å². The molecule has 6 nitrogen and oxygen atoms in total. The Hall–Kier alpha value is -4.06. The summed E-state index contributed by atoms with van der Waals surface area (Å²) in [5, 5.41) is 0. The standard InChI is InChI=1S/C28H30O6/c1-17(21-11-9-19(29-3)13-25(21)31-5)23-15-24(28(34-8)16-27(23)33-7)18(2)22-12-10-20(30-4)14-26(22)32-6/h9-16H,1-2H2,3-8H3. The molecule has 0 saturated carbocycles. The summed E-state index contributed by atoms with van der Waals surface area (Å²) in [5.74, 6) is 3.88. The molecule has 6 heteroatoms. The van der Waals surface area contributed by atoms with E-state index >= 15 is 0 Å². The Morgan fingerprint density at radius 3 is 1.12 bits per heavy atom. The average Bonchev–Trinajstić information content (AvgIpc) is 2.90. The fraction of sp³-hybridized carbons (Fsp3) is 0.214. The summed E-state index contributed by atoms with van der Waals surface area (Å²) in [6.07, 6.45) is 0. The fourth-order valence-electron chi connectivity index (χ4n) is 3.76. The minimum absolute atomic E-state index is 0.609. The van der Waals surface area contributed by atoms with Crippen LogP contribution in [0.25, 0.3) is 11.1 Å². The molecule has 3 aromatic rings. The molecule has 0 fully saturated rings. The van der Waals surface area contributed by atoms with Gasteiger partial charge in [0.25, 0.3) is 0 Å². The summed E-state index contributed by atoms with van der Waals surface area (Å²) in [7, 11) is 9.66. The van der Waals surface area contributed by atoms with Crippen LogP contribution in [0.3, 0.4) is 0 Å². The zero-order valence-electron chi connectivity index (χ0n) is 20.5. The van der Waals surface area contributed by atoms with Crippen LogP contribution in [0.4, 0.5) is 0 Å². The minimum atomic E-state index is 0.609. The van der Waals surface area contributed by atoms with Crippen LogP contribution in [0.5, 0.6) is 34.5 Å². The van der Waals surface area contributed by atoms with Crippen LogP contribution in [0.15, 0.2) is 61.7 Å². The van der Waals surface area contributed by atoms with E-state index in [9.17, 15) is 0 Å². The molecule has 0 spiro atoms. The topological polar surface area (TPSA) is 55.4 Å². The molecule has 3 rings (SSSR count). The van der Waals surface area contributed by atoms with E-state index < -0.39 is 0 Å². The monoisotopic (exact) mass is 462 g/mol. The second-order valence-electron chi connectivity index (χ2n) is 7.34. The SMILES string of the molecule is C=C(c1ccc(OC)cc1OC)c1cc(C(=C)c2ccc(OC)cc2OC)c(OC)cc1OC. The lowest BCUT2D eigenvalue weighted by Crippen LogP contribution is -2.01. The number of methoxy groups -OCH3 is 6. The molecule has 34 heavy (non-hydrogen) atoms. The second kappa shape index (κ2) is 10.7. The number of ether oxygens (including phenoxy) is 6. The first-order chi connectivity index (χ1) is 16.4. The largest absolute Gasteiger partial charge is 0.497 e. The van der Waals surface area contributed by atoms with Gasteiger partial charge in [0.05, 0.1) is 42.7 Å². The van der Waals surface area contributed by atoms with Gasteiger partial charge >= 0.3 is 0 Å². The van der Waals surface area contributed by atoms with E-state index in [0.717, 1.165) is 33.4 Å². The third kappa shape index (κ3) is 4.66. The first-order valence-corrected chi connectivity index (χ1v) is 10.5. The van der Waals surface area contributed by atoms with Crippen molar-refractivity contribution in [3.8, 4) is 34.5 Å². The molecule has 0 saturated heterocycles. The summed E-state index contributed by atoms with van der Waals surface area (Å²) in [4.78, 5) is 0. The van der Waals surface area contributed by atoms with Gasteiger partial charge in [0.1, 0.15) is 34.5 Å². The van der Waals surface area contributed by atoms with Crippen molar-refractivity contribution in [1.29, 1.82) is 0 Å². The van der Waals surface area contributed by atoms with Crippen LogP contribution < -0.4 is 28.4 Å². The van der Waals surface area contributed by atoms with Gasteiger partial charge in [-0.2, -0.15) is 0 Å². The highest BCUT2D eigenvalue weighted by molar-refractivity contribution is 5.90. The van der Waals surface area contributed by atoms with Crippen molar-refractivity contribution in [3.63, 3.8) is 0 Å². The number of benzene rings is 3. The van der Waals surface area contributed by atoms with Crippen molar-refractivity contribution in [2.45, 2.75) is 0 Å². The molecule has 0 aliphatic carbocycles. The lowest BCUT2D eigenvalue weighted by molar-refractivity contribution is 0.391. The number of hydrogen-bond donors (Lipinski definition) is 0. The zero-order valence-corrected chi connectivity index (χ0v) is 20.5. The van der Waals surface area contributed by atoms with Gasteiger partial charge in [-0.05, 0) is 41.5 Å². The molecule has 0 heterocycles. The van der Waals surface area contributed by atoms with Crippen molar-refractivity contribution in [2.75, 3.05) is 42.7 Å². The predicted molar refractivity (Wildman–Crippen MR) is 135 cm³/mol. The first kappa shape index (κ1) is 24.6. The molecular formula is C28H30O6. The average molecular weight is 463 g/mol. The van der Waals surface area contributed by atoms with Crippen LogP contribution >= 0.6 is 0 Å². The van der Waals surface area contributed by atoms with Gasteiger partial charge in [0, 0.05) is 40.5 Å². The molecule has 0 N–H and O–H groups in total. The lowest BCUT2D eigenvalue weighted by atomic mass is 9.91. The van der Waals surface area contributed by atoms with Crippen molar-refractivity contribution in [1.82, 2.24) is 0 Å². The Kier molecular flexibility index (Phi) is 7.74. The van der Waals surface area contributed by atoms with Gasteiger partial charge in [-0.15, -0.1) is 0 Å². The highest BCUT2D eigenvalue weighted by Crippen LogP contribution is 2.43. The molecule has 0 radical (unpaired) electrons. The van der Waals surface area contributed by atoms with Crippen molar-refractivity contribution in [2.24, 2.45) is 0 Å². The van der Waals surface area contributed by atoms with Gasteiger partial charge in [0.2, 0.25) is 0 Å². The predicted octanol–water partition coefficient (Wildman–Crippen LogP) is 5.86. The van der Waals surface area contributed by atoms with Gasteiger partial charge in [-0.1, -0.05) is 13.2 Å².